The van der Waals surface area contributed by atoms with Crippen LogP contribution < -0.4 is 10.6 Å². The van der Waals surface area contributed by atoms with Crippen molar-refractivity contribution in [1.82, 2.24) is 10.6 Å². The molecule has 2 aliphatic rings. The normalized spacial score (nSPS) is 28.8. The van der Waals surface area contributed by atoms with Gasteiger partial charge in [0.2, 0.25) is 0 Å². The fraction of sp³-hybridized carbons (Fsp3) is 1.00. The molecule has 1 saturated carbocycles. The van der Waals surface area contributed by atoms with Crippen LogP contribution in [-0.2, 0) is 4.74 Å². The molecule has 0 aromatic heterocycles. The second-order valence-corrected chi connectivity index (χ2v) is 5.83. The smallest absolute Gasteiger partial charge is 0.0494 e. The summed E-state index contributed by atoms with van der Waals surface area (Å²) in [7, 11) is 0. The van der Waals surface area contributed by atoms with Crippen molar-refractivity contribution in [3.8, 4) is 0 Å². The van der Waals surface area contributed by atoms with E-state index in [0.29, 0.717) is 5.41 Å². The van der Waals surface area contributed by atoms with Crippen molar-refractivity contribution in [1.29, 1.82) is 0 Å². The van der Waals surface area contributed by atoms with Gasteiger partial charge >= 0.3 is 0 Å². The molecular formula is C14H28N2O. The van der Waals surface area contributed by atoms with E-state index in [9.17, 15) is 0 Å². The second kappa shape index (κ2) is 6.72. The van der Waals surface area contributed by atoms with Crippen LogP contribution in [0.2, 0.25) is 0 Å². The molecule has 3 heteroatoms. The maximum atomic E-state index is 5.63. The van der Waals surface area contributed by atoms with E-state index in [1.807, 2.05) is 0 Å². The van der Waals surface area contributed by atoms with E-state index in [-0.39, 0.29) is 0 Å². The van der Waals surface area contributed by atoms with Crippen LogP contribution in [0.1, 0.15) is 39.0 Å². The molecule has 1 unspecified atom stereocenters. The van der Waals surface area contributed by atoms with Crippen LogP contribution in [0, 0.1) is 11.3 Å². The van der Waals surface area contributed by atoms with Crippen LogP contribution in [0.15, 0.2) is 0 Å². The molecule has 0 radical (unpaired) electrons. The summed E-state index contributed by atoms with van der Waals surface area (Å²) in [6.45, 7) is 8.90. The van der Waals surface area contributed by atoms with Gasteiger partial charge < -0.3 is 15.4 Å². The first-order valence-corrected chi connectivity index (χ1v) is 7.34. The van der Waals surface area contributed by atoms with E-state index >= 15 is 0 Å². The molecule has 2 rings (SSSR count). The second-order valence-electron chi connectivity index (χ2n) is 5.83. The zero-order chi connectivity index (χ0) is 12.0. The van der Waals surface area contributed by atoms with Gasteiger partial charge in [-0.15, -0.1) is 0 Å². The van der Waals surface area contributed by atoms with E-state index in [1.165, 1.54) is 45.3 Å². The largest absolute Gasteiger partial charge is 0.381 e. The summed E-state index contributed by atoms with van der Waals surface area (Å²) < 4.78 is 5.63. The lowest BCUT2D eigenvalue weighted by atomic mass is 9.84. The van der Waals surface area contributed by atoms with Gasteiger partial charge in [0.05, 0.1) is 0 Å². The van der Waals surface area contributed by atoms with Gasteiger partial charge in [0.25, 0.3) is 0 Å². The molecule has 1 heterocycles. The predicted octanol–water partition coefficient (Wildman–Crippen LogP) is 1.78. The lowest BCUT2D eigenvalue weighted by Crippen LogP contribution is -2.36. The highest BCUT2D eigenvalue weighted by Gasteiger charge is 2.31. The van der Waals surface area contributed by atoms with Crippen molar-refractivity contribution < 1.29 is 4.74 Å². The summed E-state index contributed by atoms with van der Waals surface area (Å²) in [6.07, 6.45) is 6.55. The van der Waals surface area contributed by atoms with Crippen molar-refractivity contribution in [3.05, 3.63) is 0 Å². The average Bonchev–Trinajstić information content (AvgIpc) is 3.06. The van der Waals surface area contributed by atoms with Gasteiger partial charge in [0.15, 0.2) is 0 Å². The van der Waals surface area contributed by atoms with Crippen molar-refractivity contribution in [2.45, 2.75) is 39.0 Å². The molecule has 2 fully saturated rings. The van der Waals surface area contributed by atoms with Crippen LogP contribution in [0.25, 0.3) is 0 Å². The molecule has 1 aliphatic heterocycles. The topological polar surface area (TPSA) is 33.3 Å². The SMILES string of the molecule is CCC1(CNCCCOCC2CC2)CCNC1. The third kappa shape index (κ3) is 4.57. The summed E-state index contributed by atoms with van der Waals surface area (Å²) in [4.78, 5) is 0. The van der Waals surface area contributed by atoms with E-state index in [1.54, 1.807) is 0 Å². The van der Waals surface area contributed by atoms with Crippen molar-refractivity contribution in [2.75, 3.05) is 39.4 Å². The molecule has 100 valence electrons. The minimum absolute atomic E-state index is 0.523. The fourth-order valence-electron chi connectivity index (χ4n) is 2.56. The zero-order valence-electron chi connectivity index (χ0n) is 11.3. The van der Waals surface area contributed by atoms with E-state index < -0.39 is 0 Å². The van der Waals surface area contributed by atoms with Gasteiger partial charge in [-0.25, -0.2) is 0 Å². The van der Waals surface area contributed by atoms with E-state index in [4.69, 9.17) is 4.74 Å². The van der Waals surface area contributed by atoms with Gasteiger partial charge in [-0.2, -0.15) is 0 Å². The molecular weight excluding hydrogens is 212 g/mol. The maximum absolute atomic E-state index is 5.63. The molecule has 1 atom stereocenters. The van der Waals surface area contributed by atoms with Gasteiger partial charge in [0.1, 0.15) is 0 Å². The van der Waals surface area contributed by atoms with Crippen molar-refractivity contribution in [3.63, 3.8) is 0 Å². The highest BCUT2D eigenvalue weighted by atomic mass is 16.5. The standard InChI is InChI=1S/C14H28N2O/c1-2-14(6-8-16-12-14)11-15-7-3-9-17-10-13-4-5-13/h13,15-16H,2-12H2,1H3. The molecule has 3 nitrogen and oxygen atoms in total. The van der Waals surface area contributed by atoms with Crippen LogP contribution >= 0.6 is 0 Å². The first kappa shape index (κ1) is 13.3. The first-order chi connectivity index (χ1) is 8.35. The minimum atomic E-state index is 0.523. The summed E-state index contributed by atoms with van der Waals surface area (Å²) in [6, 6.07) is 0. The van der Waals surface area contributed by atoms with Crippen LogP contribution in [0.3, 0.4) is 0 Å². The van der Waals surface area contributed by atoms with Gasteiger partial charge in [-0.1, -0.05) is 6.92 Å². The Kier molecular flexibility index (Phi) is 5.26. The number of rotatable bonds is 9. The Morgan fingerprint density at radius 1 is 1.41 bits per heavy atom. The Balaban J connectivity index is 1.44. The van der Waals surface area contributed by atoms with Gasteiger partial charge in [0, 0.05) is 26.3 Å². The molecule has 0 bridgehead atoms. The Labute approximate surface area is 106 Å². The van der Waals surface area contributed by atoms with Gasteiger partial charge in [-0.3, -0.25) is 0 Å². The molecule has 2 N–H and O–H groups in total. The van der Waals surface area contributed by atoms with E-state index in [2.05, 4.69) is 17.6 Å². The number of nitrogens with one attached hydrogen (secondary N) is 2. The fourth-order valence-corrected chi connectivity index (χ4v) is 2.56. The van der Waals surface area contributed by atoms with Crippen LogP contribution in [0.4, 0.5) is 0 Å². The number of hydrogen-bond donors (Lipinski definition) is 2. The number of ether oxygens (including phenoxy) is 1. The first-order valence-electron chi connectivity index (χ1n) is 7.34. The van der Waals surface area contributed by atoms with Crippen molar-refractivity contribution in [2.24, 2.45) is 11.3 Å². The maximum Gasteiger partial charge on any atom is 0.0494 e. The predicted molar refractivity (Wildman–Crippen MR) is 71.2 cm³/mol. The molecule has 0 amide bonds. The van der Waals surface area contributed by atoms with Crippen molar-refractivity contribution >= 4 is 0 Å². The Hall–Kier alpha value is -0.120. The zero-order valence-corrected chi connectivity index (χ0v) is 11.3. The lowest BCUT2D eigenvalue weighted by molar-refractivity contribution is 0.121. The summed E-state index contributed by atoms with van der Waals surface area (Å²) >= 11 is 0. The highest BCUT2D eigenvalue weighted by Crippen LogP contribution is 2.29. The summed E-state index contributed by atoms with van der Waals surface area (Å²) in [5, 5.41) is 7.08. The van der Waals surface area contributed by atoms with Crippen LogP contribution in [0.5, 0.6) is 0 Å². The molecule has 0 aromatic carbocycles. The minimum Gasteiger partial charge on any atom is -0.381 e. The quantitative estimate of drug-likeness (QED) is 0.603. The molecule has 17 heavy (non-hydrogen) atoms. The lowest BCUT2D eigenvalue weighted by Gasteiger charge is -2.26. The Bertz CT molecular complexity index is 210. The third-order valence-corrected chi connectivity index (χ3v) is 4.27. The molecule has 0 aromatic rings. The number of hydrogen-bond acceptors (Lipinski definition) is 3. The monoisotopic (exact) mass is 240 g/mol. The van der Waals surface area contributed by atoms with Gasteiger partial charge in [-0.05, 0) is 56.5 Å². The summed E-state index contributed by atoms with van der Waals surface area (Å²) in [5.74, 6) is 0.899. The molecule has 1 saturated heterocycles. The van der Waals surface area contributed by atoms with E-state index in [0.717, 1.165) is 32.1 Å². The molecule has 0 spiro atoms. The highest BCUT2D eigenvalue weighted by molar-refractivity contribution is 4.88. The average molecular weight is 240 g/mol. The Morgan fingerprint density at radius 3 is 2.94 bits per heavy atom. The van der Waals surface area contributed by atoms with Crippen LogP contribution in [-0.4, -0.2) is 39.4 Å². The molecule has 1 aliphatic carbocycles. The summed E-state index contributed by atoms with van der Waals surface area (Å²) in [5.41, 5.74) is 0.523. The Morgan fingerprint density at radius 2 is 2.29 bits per heavy atom. The third-order valence-electron chi connectivity index (χ3n) is 4.27.